The highest BCUT2D eigenvalue weighted by atomic mass is 35.5. The van der Waals surface area contributed by atoms with Gasteiger partial charge in [0, 0.05) is 42.1 Å². The minimum atomic E-state index is -0.405. The van der Waals surface area contributed by atoms with Crippen molar-refractivity contribution in [2.24, 2.45) is 5.10 Å². The summed E-state index contributed by atoms with van der Waals surface area (Å²) in [5, 5.41) is 9.51. The van der Waals surface area contributed by atoms with Crippen molar-refractivity contribution >= 4 is 47.2 Å². The largest absolute Gasteiger partial charge is 0.322 e. The van der Waals surface area contributed by atoms with Gasteiger partial charge >= 0.3 is 0 Å². The summed E-state index contributed by atoms with van der Waals surface area (Å²) in [6.07, 6.45) is 7.82. The molecule has 0 aliphatic heterocycles. The molecular weight excluding hydrogens is 474 g/mol. The van der Waals surface area contributed by atoms with Crippen molar-refractivity contribution in [2.45, 2.75) is 0 Å². The molecule has 0 radical (unpaired) electrons. The fourth-order valence-electron chi connectivity index (χ4n) is 3.29. The highest BCUT2D eigenvalue weighted by Crippen LogP contribution is 2.30. The Bertz CT molecular complexity index is 1260. The van der Waals surface area contributed by atoms with E-state index in [1.54, 1.807) is 54.7 Å². The first-order valence-electron chi connectivity index (χ1n) is 11.2. The molecule has 3 aromatic rings. The van der Waals surface area contributed by atoms with Crippen LogP contribution >= 0.6 is 11.6 Å². The van der Waals surface area contributed by atoms with Crippen LogP contribution < -0.4 is 10.2 Å². The maximum absolute atomic E-state index is 13.1. The first kappa shape index (κ1) is 26.5. The van der Waals surface area contributed by atoms with Crippen LogP contribution in [-0.4, -0.2) is 62.7 Å². The third kappa shape index (κ3) is 7.19. The number of hydrogen-bond donors (Lipinski definition) is 1. The zero-order chi connectivity index (χ0) is 26.1. The number of rotatable bonds is 10. The molecule has 0 aliphatic carbocycles. The van der Waals surface area contributed by atoms with Crippen LogP contribution in [0.4, 0.5) is 17.1 Å². The molecule has 3 aromatic carbocycles. The van der Waals surface area contributed by atoms with Crippen LogP contribution in [0.15, 0.2) is 71.8 Å². The smallest absolute Gasteiger partial charge is 0.257 e. The Morgan fingerprint density at radius 3 is 2.33 bits per heavy atom. The number of hydrogen-bond acceptors (Lipinski definition) is 5. The van der Waals surface area contributed by atoms with Crippen molar-refractivity contribution in [1.29, 1.82) is 0 Å². The van der Waals surface area contributed by atoms with Gasteiger partial charge in [0.05, 0.1) is 17.5 Å². The van der Waals surface area contributed by atoms with Gasteiger partial charge in [-0.05, 0) is 74.3 Å². The Labute approximate surface area is 217 Å². The second-order valence-corrected chi connectivity index (χ2v) is 8.77. The molecule has 0 fully saturated rings. The molecule has 0 bridgehead atoms. The lowest BCUT2D eigenvalue weighted by Gasteiger charge is -2.21. The second-order valence-electron chi connectivity index (χ2n) is 8.33. The highest BCUT2D eigenvalue weighted by Gasteiger charge is 2.19. The van der Waals surface area contributed by atoms with Crippen molar-refractivity contribution in [3.8, 4) is 12.3 Å². The van der Waals surface area contributed by atoms with Crippen LogP contribution in [0.5, 0.6) is 0 Å². The number of nitrogens with one attached hydrogen (secondary N) is 1. The molecule has 36 heavy (non-hydrogen) atoms. The summed E-state index contributed by atoms with van der Waals surface area (Å²) in [6, 6.07) is 19.0. The molecule has 1 N–H and O–H groups in total. The number of likely N-dealkylation sites (N-methyl/N-ethyl adjacent to an activating group) is 2. The fourth-order valence-corrected chi connectivity index (χ4v) is 3.47. The molecule has 2 amide bonds. The lowest BCUT2D eigenvalue weighted by Crippen LogP contribution is -2.25. The molecule has 3 rings (SSSR count). The number of amides is 2. The molecular formula is C28H28ClN5O2. The molecule has 0 aromatic heterocycles. The predicted octanol–water partition coefficient (Wildman–Crippen LogP) is 4.70. The van der Waals surface area contributed by atoms with Crippen LogP contribution in [0.1, 0.15) is 21.5 Å². The number of carbonyl (C=O) groups is 2. The summed E-state index contributed by atoms with van der Waals surface area (Å²) in [7, 11) is 5.95. The number of terminal acetylenes is 1. The zero-order valence-electron chi connectivity index (χ0n) is 20.5. The fraction of sp³-hybridized carbons (Fsp3) is 0.179. The third-order valence-electron chi connectivity index (χ3n) is 5.32. The normalized spacial score (nSPS) is 10.8. The number of carbonyl (C=O) groups excluding carboxylic acids is 2. The monoisotopic (exact) mass is 501 g/mol. The first-order valence-corrected chi connectivity index (χ1v) is 11.6. The summed E-state index contributed by atoms with van der Waals surface area (Å²) < 4.78 is 0. The van der Waals surface area contributed by atoms with Gasteiger partial charge in [-0.2, -0.15) is 5.10 Å². The van der Waals surface area contributed by atoms with Gasteiger partial charge in [-0.1, -0.05) is 29.7 Å². The van der Waals surface area contributed by atoms with Gasteiger partial charge in [-0.3, -0.25) is 19.5 Å². The lowest BCUT2D eigenvalue weighted by molar-refractivity contribution is -0.106. The van der Waals surface area contributed by atoms with Crippen LogP contribution in [0, 0.1) is 12.3 Å². The van der Waals surface area contributed by atoms with E-state index in [4.69, 9.17) is 18.0 Å². The number of hydrazone groups is 1. The van der Waals surface area contributed by atoms with Crippen LogP contribution in [0.25, 0.3) is 0 Å². The molecule has 0 unspecified atom stereocenters. The van der Waals surface area contributed by atoms with Gasteiger partial charge in [0.2, 0.25) is 6.41 Å². The minimum absolute atomic E-state index is 0.254. The van der Waals surface area contributed by atoms with Crippen LogP contribution in [-0.2, 0) is 4.79 Å². The van der Waals surface area contributed by atoms with Gasteiger partial charge in [0.25, 0.3) is 5.91 Å². The van der Waals surface area contributed by atoms with E-state index >= 15 is 0 Å². The molecule has 0 aliphatic rings. The van der Waals surface area contributed by atoms with Crippen molar-refractivity contribution < 1.29 is 9.59 Å². The van der Waals surface area contributed by atoms with E-state index in [0.29, 0.717) is 34.1 Å². The van der Waals surface area contributed by atoms with E-state index in [0.717, 1.165) is 18.7 Å². The zero-order valence-corrected chi connectivity index (χ0v) is 21.2. The Balaban J connectivity index is 1.81. The van der Waals surface area contributed by atoms with E-state index in [9.17, 15) is 9.59 Å². The Morgan fingerprint density at radius 2 is 1.72 bits per heavy atom. The minimum Gasteiger partial charge on any atom is -0.322 e. The molecule has 0 saturated carbocycles. The SMILES string of the molecule is C#Cc1ccc(NC(=O)c2cc(Cl)ccc2N(C=O)c2ccc(C=NN(C)CCN(C)C)cc2)cc1. The number of benzene rings is 3. The van der Waals surface area contributed by atoms with E-state index in [-0.39, 0.29) is 5.56 Å². The summed E-state index contributed by atoms with van der Waals surface area (Å²) in [6.45, 7) is 1.70. The predicted molar refractivity (Wildman–Crippen MR) is 147 cm³/mol. The molecule has 7 nitrogen and oxygen atoms in total. The topological polar surface area (TPSA) is 68.2 Å². The second kappa shape index (κ2) is 12.5. The molecule has 0 heterocycles. The van der Waals surface area contributed by atoms with Crippen molar-refractivity contribution in [2.75, 3.05) is 44.4 Å². The van der Waals surface area contributed by atoms with E-state index < -0.39 is 5.91 Å². The summed E-state index contributed by atoms with van der Waals surface area (Å²) in [5.74, 6) is 2.13. The maximum atomic E-state index is 13.1. The van der Waals surface area contributed by atoms with Gasteiger partial charge in [0.15, 0.2) is 0 Å². The number of nitrogens with zero attached hydrogens (tertiary/aromatic N) is 4. The van der Waals surface area contributed by atoms with Crippen LogP contribution in [0.2, 0.25) is 5.02 Å². The first-order chi connectivity index (χ1) is 17.3. The molecule has 184 valence electrons. The van der Waals surface area contributed by atoms with Gasteiger partial charge in [-0.15, -0.1) is 6.42 Å². The lowest BCUT2D eigenvalue weighted by atomic mass is 10.1. The number of anilines is 3. The highest BCUT2D eigenvalue weighted by molar-refractivity contribution is 6.31. The Kier molecular flexibility index (Phi) is 9.23. The Hall–Kier alpha value is -4.12. The molecule has 0 atom stereocenters. The molecule has 0 spiro atoms. The van der Waals surface area contributed by atoms with Crippen molar-refractivity contribution in [1.82, 2.24) is 9.91 Å². The van der Waals surface area contributed by atoms with Gasteiger partial charge < -0.3 is 10.2 Å². The summed E-state index contributed by atoms with van der Waals surface area (Å²) >= 11 is 6.19. The quantitative estimate of drug-likeness (QED) is 0.189. The van der Waals surface area contributed by atoms with E-state index in [2.05, 4.69) is 21.2 Å². The average Bonchev–Trinajstić information content (AvgIpc) is 2.88. The van der Waals surface area contributed by atoms with Gasteiger partial charge in [-0.25, -0.2) is 0 Å². The Morgan fingerprint density at radius 1 is 1.03 bits per heavy atom. The number of halogens is 1. The van der Waals surface area contributed by atoms with Crippen molar-refractivity contribution in [3.05, 3.63) is 88.4 Å². The van der Waals surface area contributed by atoms with Crippen molar-refractivity contribution in [3.63, 3.8) is 0 Å². The summed E-state index contributed by atoms with van der Waals surface area (Å²) in [5.41, 5.74) is 3.41. The molecule has 8 heteroatoms. The van der Waals surface area contributed by atoms with E-state index in [1.807, 2.05) is 38.3 Å². The maximum Gasteiger partial charge on any atom is 0.257 e. The van der Waals surface area contributed by atoms with Gasteiger partial charge in [0.1, 0.15) is 0 Å². The summed E-state index contributed by atoms with van der Waals surface area (Å²) in [4.78, 5) is 28.7. The molecule has 0 saturated heterocycles. The average molecular weight is 502 g/mol. The third-order valence-corrected chi connectivity index (χ3v) is 5.56. The van der Waals surface area contributed by atoms with E-state index in [1.165, 1.54) is 11.0 Å². The standard InChI is InChI=1S/C28H28ClN5O2/c1-5-21-6-11-24(12-7-21)31-28(36)26-18-23(29)10-15-27(26)34(20-35)25-13-8-22(9-14-25)19-30-33(4)17-16-32(2)3/h1,6-15,18-20H,16-17H2,2-4H3,(H,31,36). The van der Waals surface area contributed by atoms with Crippen LogP contribution in [0.3, 0.4) is 0 Å².